The van der Waals surface area contributed by atoms with E-state index in [9.17, 15) is 9.59 Å². The van der Waals surface area contributed by atoms with Gasteiger partial charge in [-0.15, -0.1) is 0 Å². The van der Waals surface area contributed by atoms with Gasteiger partial charge in [0.15, 0.2) is 0 Å². The number of amides is 1. The Balaban J connectivity index is 2.50. The fraction of sp³-hybridized carbons (Fsp3) is 0.778. The molecule has 1 rings (SSSR count). The summed E-state index contributed by atoms with van der Waals surface area (Å²) in [7, 11) is 0. The molecule has 1 atom stereocenters. The molecule has 0 radical (unpaired) electrons. The van der Waals surface area contributed by atoms with Crippen LogP contribution in [-0.2, 0) is 9.59 Å². The van der Waals surface area contributed by atoms with Gasteiger partial charge in [0.2, 0.25) is 5.91 Å². The lowest BCUT2D eigenvalue weighted by atomic mass is 10.2. The average molecular weight is 200 g/mol. The molecule has 1 aliphatic rings. The van der Waals surface area contributed by atoms with Gasteiger partial charge in [-0.1, -0.05) is 0 Å². The zero-order chi connectivity index (χ0) is 10.6. The maximum atomic E-state index is 11.7. The molecule has 0 aromatic heterocycles. The highest BCUT2D eigenvalue weighted by Gasteiger charge is 2.26. The topological polar surface area (TPSA) is 69.6 Å². The van der Waals surface area contributed by atoms with E-state index in [0.717, 1.165) is 19.4 Å². The normalized spacial score (nSPS) is 20.8. The molecule has 2 N–H and O–H groups in total. The van der Waals surface area contributed by atoms with E-state index in [4.69, 9.17) is 5.11 Å². The Bertz CT molecular complexity index is 224. The monoisotopic (exact) mass is 200 g/mol. The molecule has 1 fully saturated rings. The van der Waals surface area contributed by atoms with Gasteiger partial charge in [0, 0.05) is 6.54 Å². The van der Waals surface area contributed by atoms with Crippen molar-refractivity contribution in [3.05, 3.63) is 0 Å². The van der Waals surface area contributed by atoms with Crippen LogP contribution in [0.25, 0.3) is 0 Å². The van der Waals surface area contributed by atoms with Crippen molar-refractivity contribution in [3.8, 4) is 0 Å². The number of aliphatic carboxylic acids is 1. The number of carbonyl (C=O) groups is 2. The number of rotatable bonds is 4. The van der Waals surface area contributed by atoms with E-state index in [1.165, 1.54) is 4.90 Å². The van der Waals surface area contributed by atoms with Crippen LogP contribution in [0.4, 0.5) is 0 Å². The first kappa shape index (κ1) is 11.0. The number of carbonyl (C=O) groups excluding carboxylic acids is 1. The van der Waals surface area contributed by atoms with Crippen molar-refractivity contribution >= 4 is 11.9 Å². The number of nitrogens with zero attached hydrogens (tertiary/aromatic N) is 1. The van der Waals surface area contributed by atoms with Gasteiger partial charge < -0.3 is 15.3 Å². The summed E-state index contributed by atoms with van der Waals surface area (Å²) in [5, 5.41) is 11.7. The smallest absolute Gasteiger partial charge is 0.323 e. The summed E-state index contributed by atoms with van der Waals surface area (Å²) in [5.41, 5.74) is 0. The Morgan fingerprint density at radius 1 is 1.57 bits per heavy atom. The molecule has 0 aliphatic carbocycles. The summed E-state index contributed by atoms with van der Waals surface area (Å²) in [6.45, 7) is 2.88. The second-order valence-corrected chi connectivity index (χ2v) is 3.40. The fourth-order valence-electron chi connectivity index (χ4n) is 1.62. The highest BCUT2D eigenvalue weighted by atomic mass is 16.4. The predicted octanol–water partition coefficient (Wildman–Crippen LogP) is -0.328. The predicted molar refractivity (Wildman–Crippen MR) is 50.9 cm³/mol. The zero-order valence-corrected chi connectivity index (χ0v) is 8.32. The highest BCUT2D eigenvalue weighted by Crippen LogP contribution is 2.08. The van der Waals surface area contributed by atoms with Crippen LogP contribution < -0.4 is 5.32 Å². The minimum Gasteiger partial charge on any atom is -0.480 e. The van der Waals surface area contributed by atoms with E-state index in [1.807, 2.05) is 0 Å². The lowest BCUT2D eigenvalue weighted by Gasteiger charge is -2.22. The summed E-state index contributed by atoms with van der Waals surface area (Å²) >= 11 is 0. The van der Waals surface area contributed by atoms with E-state index in [0.29, 0.717) is 6.54 Å². The molecule has 5 nitrogen and oxygen atoms in total. The maximum Gasteiger partial charge on any atom is 0.323 e. The van der Waals surface area contributed by atoms with E-state index >= 15 is 0 Å². The molecule has 0 saturated carbocycles. The molecule has 5 heteroatoms. The second kappa shape index (κ2) is 4.95. The zero-order valence-electron chi connectivity index (χ0n) is 8.32. The second-order valence-electron chi connectivity index (χ2n) is 3.40. The summed E-state index contributed by atoms with van der Waals surface area (Å²) in [5.74, 6) is -1.05. The van der Waals surface area contributed by atoms with Gasteiger partial charge in [0.25, 0.3) is 0 Å². The molecule has 14 heavy (non-hydrogen) atoms. The lowest BCUT2D eigenvalue weighted by molar-refractivity contribution is -0.145. The third-order valence-corrected chi connectivity index (χ3v) is 2.38. The molecule has 1 amide bonds. The van der Waals surface area contributed by atoms with Crippen molar-refractivity contribution in [2.45, 2.75) is 25.8 Å². The first-order valence-electron chi connectivity index (χ1n) is 4.89. The Hall–Kier alpha value is -1.10. The van der Waals surface area contributed by atoms with Crippen molar-refractivity contribution in [3.63, 3.8) is 0 Å². The van der Waals surface area contributed by atoms with E-state index in [1.54, 1.807) is 6.92 Å². The van der Waals surface area contributed by atoms with Crippen LogP contribution in [0, 0.1) is 0 Å². The number of hydrogen-bond donors (Lipinski definition) is 2. The van der Waals surface area contributed by atoms with Gasteiger partial charge >= 0.3 is 5.97 Å². The standard InChI is InChI=1S/C9H16N2O3/c1-2-11(6-8(12)13)9(14)7-4-3-5-10-7/h7,10H,2-6H2,1H3,(H,12,13)/t7-/m1/s1. The van der Waals surface area contributed by atoms with Crippen molar-refractivity contribution < 1.29 is 14.7 Å². The van der Waals surface area contributed by atoms with Crippen molar-refractivity contribution in [2.24, 2.45) is 0 Å². The largest absolute Gasteiger partial charge is 0.480 e. The van der Waals surface area contributed by atoms with E-state index < -0.39 is 5.97 Å². The third-order valence-electron chi connectivity index (χ3n) is 2.38. The minimum absolute atomic E-state index is 0.0904. The van der Waals surface area contributed by atoms with Gasteiger partial charge in [-0.25, -0.2) is 0 Å². The van der Waals surface area contributed by atoms with Crippen LogP contribution >= 0.6 is 0 Å². The number of hydrogen-bond acceptors (Lipinski definition) is 3. The minimum atomic E-state index is -0.960. The van der Waals surface area contributed by atoms with Gasteiger partial charge in [0.1, 0.15) is 6.54 Å². The summed E-state index contributed by atoms with van der Waals surface area (Å²) < 4.78 is 0. The average Bonchev–Trinajstić information content (AvgIpc) is 2.65. The Labute approximate surface area is 83.1 Å². The van der Waals surface area contributed by atoms with Gasteiger partial charge in [-0.2, -0.15) is 0 Å². The van der Waals surface area contributed by atoms with Crippen LogP contribution in [0.2, 0.25) is 0 Å². The van der Waals surface area contributed by atoms with E-state index in [-0.39, 0.29) is 18.5 Å². The SMILES string of the molecule is CCN(CC(=O)O)C(=O)[C@H]1CCCN1. The Morgan fingerprint density at radius 2 is 2.29 bits per heavy atom. The van der Waals surface area contributed by atoms with Crippen LogP contribution in [0.15, 0.2) is 0 Å². The molecule has 80 valence electrons. The first-order valence-corrected chi connectivity index (χ1v) is 4.89. The third kappa shape index (κ3) is 2.70. The molecule has 1 aliphatic heterocycles. The molecule has 0 unspecified atom stereocenters. The van der Waals surface area contributed by atoms with Crippen LogP contribution in [0.1, 0.15) is 19.8 Å². The molecule has 0 aromatic carbocycles. The highest BCUT2D eigenvalue weighted by molar-refractivity contribution is 5.85. The summed E-state index contributed by atoms with van der Waals surface area (Å²) in [4.78, 5) is 23.6. The number of carboxylic acid groups (broad SMARTS) is 1. The van der Waals surface area contributed by atoms with Gasteiger partial charge in [0.05, 0.1) is 6.04 Å². The van der Waals surface area contributed by atoms with Gasteiger partial charge in [-0.05, 0) is 26.3 Å². The number of nitrogens with one attached hydrogen (secondary N) is 1. The molecule has 0 spiro atoms. The molecule has 0 bridgehead atoms. The first-order chi connectivity index (χ1) is 6.65. The molecule has 0 aromatic rings. The quantitative estimate of drug-likeness (QED) is 0.652. The van der Waals surface area contributed by atoms with Crippen LogP contribution in [0.5, 0.6) is 0 Å². The fourth-order valence-corrected chi connectivity index (χ4v) is 1.62. The van der Waals surface area contributed by atoms with E-state index in [2.05, 4.69) is 5.32 Å². The molecule has 1 saturated heterocycles. The summed E-state index contributed by atoms with van der Waals surface area (Å²) in [6.07, 6.45) is 1.80. The molecular weight excluding hydrogens is 184 g/mol. The Morgan fingerprint density at radius 3 is 2.71 bits per heavy atom. The number of carboxylic acids is 1. The van der Waals surface area contributed by atoms with Gasteiger partial charge in [-0.3, -0.25) is 9.59 Å². The van der Waals surface area contributed by atoms with Crippen molar-refractivity contribution in [1.82, 2.24) is 10.2 Å². The van der Waals surface area contributed by atoms with Crippen LogP contribution in [0.3, 0.4) is 0 Å². The van der Waals surface area contributed by atoms with Crippen molar-refractivity contribution in [2.75, 3.05) is 19.6 Å². The number of likely N-dealkylation sites (N-methyl/N-ethyl adjacent to an activating group) is 1. The molecule has 1 heterocycles. The molecular formula is C9H16N2O3. The lowest BCUT2D eigenvalue weighted by Crippen LogP contribution is -2.45. The van der Waals surface area contributed by atoms with Crippen LogP contribution in [-0.4, -0.2) is 47.6 Å². The Kier molecular flexibility index (Phi) is 3.88. The summed E-state index contributed by atoms with van der Waals surface area (Å²) in [6, 6.07) is -0.172. The maximum absolute atomic E-state index is 11.7. The van der Waals surface area contributed by atoms with Crippen molar-refractivity contribution in [1.29, 1.82) is 0 Å².